The fraction of sp³-hybridized carbons (Fsp3) is 0.538. The maximum atomic E-state index is 12.3. The van der Waals surface area contributed by atoms with E-state index in [4.69, 9.17) is 16.3 Å². The molecule has 1 atom stereocenters. The number of halogens is 1. The van der Waals surface area contributed by atoms with Gasteiger partial charge in [-0.3, -0.25) is 0 Å². The van der Waals surface area contributed by atoms with Gasteiger partial charge in [-0.25, -0.2) is 12.7 Å². The van der Waals surface area contributed by atoms with E-state index in [2.05, 4.69) is 5.32 Å². The molecule has 1 aromatic carbocycles. The molecule has 1 unspecified atom stereocenters. The third-order valence-electron chi connectivity index (χ3n) is 2.83. The van der Waals surface area contributed by atoms with Crippen LogP contribution in [0.4, 0.5) is 5.69 Å². The topological polar surface area (TPSA) is 58.6 Å². The Labute approximate surface area is 125 Å². The van der Waals surface area contributed by atoms with Gasteiger partial charge in [-0.1, -0.05) is 12.1 Å². The molecule has 0 saturated carbocycles. The Morgan fingerprint density at radius 3 is 2.55 bits per heavy atom. The smallest absolute Gasteiger partial charge is 0.244 e. The lowest BCUT2D eigenvalue weighted by Crippen LogP contribution is -2.28. The largest absolute Gasteiger partial charge is 0.383 e. The summed E-state index contributed by atoms with van der Waals surface area (Å²) in [5.74, 6) is 0.476. The van der Waals surface area contributed by atoms with E-state index < -0.39 is 10.0 Å². The van der Waals surface area contributed by atoms with E-state index in [0.29, 0.717) is 24.6 Å². The first-order chi connectivity index (χ1) is 9.43. The summed E-state index contributed by atoms with van der Waals surface area (Å²) >= 11 is 5.76. The first-order valence-electron chi connectivity index (χ1n) is 6.26. The Morgan fingerprint density at radius 2 is 2.00 bits per heavy atom. The van der Waals surface area contributed by atoms with Crippen LogP contribution in [0.15, 0.2) is 29.2 Å². The molecule has 7 heteroatoms. The van der Waals surface area contributed by atoms with Gasteiger partial charge in [0.25, 0.3) is 0 Å². The zero-order valence-electron chi connectivity index (χ0n) is 12.0. The lowest BCUT2D eigenvalue weighted by Gasteiger charge is -2.21. The van der Waals surface area contributed by atoms with E-state index in [0.717, 1.165) is 0 Å². The molecule has 114 valence electrons. The molecular formula is C13H21ClN2O3S. The van der Waals surface area contributed by atoms with Gasteiger partial charge in [0, 0.05) is 27.1 Å². The zero-order valence-corrected chi connectivity index (χ0v) is 13.5. The van der Waals surface area contributed by atoms with Crippen LogP contribution in [0.5, 0.6) is 0 Å². The molecule has 5 nitrogen and oxygen atoms in total. The molecule has 1 rings (SSSR count). The summed E-state index contributed by atoms with van der Waals surface area (Å²) in [6.07, 6.45) is 0.686. The van der Waals surface area contributed by atoms with Crippen molar-refractivity contribution in [3.05, 3.63) is 24.3 Å². The van der Waals surface area contributed by atoms with Crippen molar-refractivity contribution in [3.8, 4) is 0 Å². The van der Waals surface area contributed by atoms with Gasteiger partial charge in [0.2, 0.25) is 10.0 Å². The summed E-state index contributed by atoms with van der Waals surface area (Å²) in [6, 6.07) is 6.79. The monoisotopic (exact) mass is 320 g/mol. The van der Waals surface area contributed by atoms with Crippen LogP contribution in [0.1, 0.15) is 6.42 Å². The van der Waals surface area contributed by atoms with E-state index in [9.17, 15) is 8.42 Å². The first-order valence-corrected chi connectivity index (χ1v) is 8.24. The molecule has 0 aromatic heterocycles. The number of nitrogens with one attached hydrogen (secondary N) is 1. The van der Waals surface area contributed by atoms with Gasteiger partial charge in [-0.05, 0) is 18.6 Å². The molecule has 0 aliphatic carbocycles. The molecule has 0 saturated heterocycles. The normalized spacial score (nSPS) is 13.4. The van der Waals surface area contributed by atoms with Crippen LogP contribution in [-0.2, 0) is 14.8 Å². The number of alkyl halides is 1. The van der Waals surface area contributed by atoms with Gasteiger partial charge >= 0.3 is 0 Å². The molecule has 0 aliphatic heterocycles. The minimum atomic E-state index is -3.49. The fourth-order valence-corrected chi connectivity index (χ4v) is 3.07. The molecule has 1 aromatic rings. The summed E-state index contributed by atoms with van der Waals surface area (Å²) in [5, 5.41) is 3.20. The molecule has 1 N–H and O–H groups in total. The number of sulfonamides is 1. The van der Waals surface area contributed by atoms with Crippen LogP contribution in [0.2, 0.25) is 0 Å². The predicted octanol–water partition coefficient (Wildman–Crippen LogP) is 1.99. The molecule has 0 spiro atoms. The Kier molecular flexibility index (Phi) is 6.75. The number of nitrogens with zero attached hydrogens (tertiary/aromatic N) is 1. The summed E-state index contributed by atoms with van der Waals surface area (Å²) in [5.41, 5.74) is 0.563. The molecule has 0 amide bonds. The van der Waals surface area contributed by atoms with Crippen molar-refractivity contribution in [3.63, 3.8) is 0 Å². The van der Waals surface area contributed by atoms with Crippen LogP contribution in [0, 0.1) is 0 Å². The van der Waals surface area contributed by atoms with Crippen molar-refractivity contribution in [2.75, 3.05) is 39.0 Å². The van der Waals surface area contributed by atoms with Gasteiger partial charge in [0.05, 0.1) is 18.3 Å². The van der Waals surface area contributed by atoms with E-state index in [-0.39, 0.29) is 10.9 Å². The van der Waals surface area contributed by atoms with Crippen LogP contribution in [0.3, 0.4) is 0 Å². The Balaban J connectivity index is 3.07. The first kappa shape index (κ1) is 17.2. The standard InChI is InChI=1S/C13H21ClN2O3S/c1-16(2)20(17,18)13-7-5-4-6-12(13)15-11(8-9-14)10-19-3/h4-7,11,15H,8-10H2,1-3H3. The average molecular weight is 321 g/mol. The van der Waals surface area contributed by atoms with Gasteiger partial charge in [0.15, 0.2) is 0 Å². The molecular weight excluding hydrogens is 300 g/mol. The van der Waals surface area contributed by atoms with Gasteiger partial charge in [-0.15, -0.1) is 11.6 Å². The van der Waals surface area contributed by atoms with Gasteiger partial charge in [0.1, 0.15) is 4.90 Å². The highest BCUT2D eigenvalue weighted by molar-refractivity contribution is 7.89. The van der Waals surface area contributed by atoms with Crippen molar-refractivity contribution in [1.29, 1.82) is 0 Å². The van der Waals surface area contributed by atoms with E-state index in [1.54, 1.807) is 31.4 Å². The van der Waals surface area contributed by atoms with Crippen LogP contribution in [0.25, 0.3) is 0 Å². The van der Waals surface area contributed by atoms with E-state index in [1.165, 1.54) is 18.4 Å². The second-order valence-corrected chi connectivity index (χ2v) is 7.06. The van der Waals surface area contributed by atoms with Gasteiger partial charge < -0.3 is 10.1 Å². The minimum Gasteiger partial charge on any atom is -0.383 e. The molecule has 0 aliphatic rings. The van der Waals surface area contributed by atoms with Crippen LogP contribution >= 0.6 is 11.6 Å². The fourth-order valence-electron chi connectivity index (χ4n) is 1.76. The number of para-hydroxylation sites is 1. The highest BCUT2D eigenvalue weighted by Gasteiger charge is 2.22. The zero-order chi connectivity index (χ0) is 15.2. The molecule has 0 bridgehead atoms. The molecule has 0 radical (unpaired) electrons. The van der Waals surface area contributed by atoms with Crippen LogP contribution < -0.4 is 5.32 Å². The summed E-state index contributed by atoms with van der Waals surface area (Å²) in [6.45, 7) is 0.461. The van der Waals surface area contributed by atoms with Crippen molar-refractivity contribution in [2.45, 2.75) is 17.4 Å². The minimum absolute atomic E-state index is 0.0315. The van der Waals surface area contributed by atoms with E-state index >= 15 is 0 Å². The number of hydrogen-bond donors (Lipinski definition) is 1. The maximum Gasteiger partial charge on any atom is 0.244 e. The Bertz CT molecular complexity index is 514. The van der Waals surface area contributed by atoms with Crippen LogP contribution in [-0.4, -0.2) is 52.5 Å². The second-order valence-electron chi connectivity index (χ2n) is 4.56. The quantitative estimate of drug-likeness (QED) is 0.744. The third kappa shape index (κ3) is 4.34. The summed E-state index contributed by atoms with van der Waals surface area (Å²) in [7, 11) is 1.14. The Hall–Kier alpha value is -0.820. The van der Waals surface area contributed by atoms with Crippen molar-refractivity contribution in [2.24, 2.45) is 0 Å². The summed E-state index contributed by atoms with van der Waals surface area (Å²) in [4.78, 5) is 0.251. The lowest BCUT2D eigenvalue weighted by molar-refractivity contribution is 0.184. The number of rotatable bonds is 8. The number of benzene rings is 1. The van der Waals surface area contributed by atoms with Crippen molar-refractivity contribution < 1.29 is 13.2 Å². The predicted molar refractivity (Wildman–Crippen MR) is 81.9 cm³/mol. The number of hydrogen-bond acceptors (Lipinski definition) is 4. The SMILES string of the molecule is COCC(CCCl)Nc1ccccc1S(=O)(=O)N(C)C. The van der Waals surface area contributed by atoms with E-state index in [1.807, 2.05) is 0 Å². The molecule has 0 heterocycles. The number of methoxy groups -OCH3 is 1. The third-order valence-corrected chi connectivity index (χ3v) is 4.92. The average Bonchev–Trinajstić information content (AvgIpc) is 2.39. The maximum absolute atomic E-state index is 12.3. The molecule has 20 heavy (non-hydrogen) atoms. The second kappa shape index (κ2) is 7.83. The number of anilines is 1. The summed E-state index contributed by atoms with van der Waals surface area (Å²) < 4.78 is 30.9. The van der Waals surface area contributed by atoms with Crippen molar-refractivity contribution >= 4 is 27.3 Å². The molecule has 0 fully saturated rings. The highest BCUT2D eigenvalue weighted by Crippen LogP contribution is 2.24. The highest BCUT2D eigenvalue weighted by atomic mass is 35.5. The van der Waals surface area contributed by atoms with Crippen molar-refractivity contribution in [1.82, 2.24) is 4.31 Å². The number of ether oxygens (including phenoxy) is 1. The lowest BCUT2D eigenvalue weighted by atomic mass is 10.2. The van der Waals surface area contributed by atoms with Gasteiger partial charge in [-0.2, -0.15) is 0 Å². The Morgan fingerprint density at radius 1 is 1.35 bits per heavy atom.